The minimum Gasteiger partial charge on any atom is -0.365 e. The fraction of sp³-hybridized carbons (Fsp3) is 0.174. The molecule has 9 heteroatoms. The van der Waals surface area contributed by atoms with E-state index in [1.54, 1.807) is 43.7 Å². The molecule has 0 atom stereocenters. The smallest absolute Gasteiger partial charge is 0.264 e. The summed E-state index contributed by atoms with van der Waals surface area (Å²) in [6.07, 6.45) is 4.89. The van der Waals surface area contributed by atoms with E-state index in [9.17, 15) is 9.59 Å². The lowest BCUT2D eigenvalue weighted by molar-refractivity contribution is 0.0956. The molecular weight excluding hydrogens is 428 g/mol. The number of hydrogen-bond acceptors (Lipinski definition) is 6. The molecule has 0 saturated carbocycles. The summed E-state index contributed by atoms with van der Waals surface area (Å²) in [5.41, 5.74) is 2.99. The number of aryl methyl sites for hydroxylation is 1. The maximum absolute atomic E-state index is 12.8. The minimum absolute atomic E-state index is 0.198. The Morgan fingerprint density at radius 2 is 1.94 bits per heavy atom. The average molecular weight is 449 g/mol. The number of benzene rings is 1. The van der Waals surface area contributed by atoms with Crippen LogP contribution in [0.5, 0.6) is 0 Å². The van der Waals surface area contributed by atoms with E-state index >= 15 is 0 Å². The molecule has 8 nitrogen and oxygen atoms in total. The van der Waals surface area contributed by atoms with Crippen molar-refractivity contribution in [3.05, 3.63) is 81.6 Å². The SMILES string of the molecule is CCNC(=O)c1ccc(-c2cc3ncn(C)c(=O)c3c(NCc3ccncc3)n2)cc1Cl. The monoisotopic (exact) mass is 448 g/mol. The summed E-state index contributed by atoms with van der Waals surface area (Å²) in [4.78, 5) is 38.1. The first-order valence-electron chi connectivity index (χ1n) is 10.0. The lowest BCUT2D eigenvalue weighted by Gasteiger charge is -2.13. The molecule has 0 radical (unpaired) electrons. The van der Waals surface area contributed by atoms with Gasteiger partial charge >= 0.3 is 0 Å². The zero-order valence-electron chi connectivity index (χ0n) is 17.6. The Bertz CT molecular complexity index is 1350. The van der Waals surface area contributed by atoms with Gasteiger partial charge in [0.05, 0.1) is 28.1 Å². The number of carbonyl (C=O) groups excluding carboxylic acids is 1. The van der Waals surface area contributed by atoms with Crippen LogP contribution in [0.4, 0.5) is 5.82 Å². The van der Waals surface area contributed by atoms with Crippen molar-refractivity contribution in [2.75, 3.05) is 11.9 Å². The quantitative estimate of drug-likeness (QED) is 0.468. The van der Waals surface area contributed by atoms with E-state index in [0.717, 1.165) is 5.56 Å². The van der Waals surface area contributed by atoms with Gasteiger partial charge in [-0.1, -0.05) is 17.7 Å². The maximum atomic E-state index is 12.8. The molecule has 0 saturated heterocycles. The first-order valence-corrected chi connectivity index (χ1v) is 10.4. The zero-order valence-corrected chi connectivity index (χ0v) is 18.3. The van der Waals surface area contributed by atoms with Gasteiger partial charge in [-0.15, -0.1) is 0 Å². The highest BCUT2D eigenvalue weighted by Gasteiger charge is 2.15. The largest absolute Gasteiger partial charge is 0.365 e. The lowest BCUT2D eigenvalue weighted by Crippen LogP contribution is -2.22. The molecule has 0 fully saturated rings. The summed E-state index contributed by atoms with van der Waals surface area (Å²) in [5, 5.41) is 6.71. The fourth-order valence-corrected chi connectivity index (χ4v) is 3.56. The second-order valence-corrected chi connectivity index (χ2v) is 7.58. The van der Waals surface area contributed by atoms with Crippen LogP contribution in [0.3, 0.4) is 0 Å². The van der Waals surface area contributed by atoms with E-state index in [2.05, 4.69) is 20.6 Å². The number of amides is 1. The molecule has 0 bridgehead atoms. The number of aromatic nitrogens is 4. The first-order chi connectivity index (χ1) is 15.5. The predicted octanol–water partition coefficient (Wildman–Crippen LogP) is 3.41. The molecule has 0 spiro atoms. The number of hydrogen-bond donors (Lipinski definition) is 2. The summed E-state index contributed by atoms with van der Waals surface area (Å²) in [5.74, 6) is 0.187. The van der Waals surface area contributed by atoms with Gasteiger partial charge in [0.1, 0.15) is 11.2 Å². The Balaban J connectivity index is 1.79. The Morgan fingerprint density at radius 3 is 2.66 bits per heavy atom. The van der Waals surface area contributed by atoms with E-state index in [1.165, 1.54) is 10.9 Å². The minimum atomic E-state index is -0.236. The van der Waals surface area contributed by atoms with Crippen LogP contribution in [-0.2, 0) is 13.6 Å². The Labute approximate surface area is 189 Å². The van der Waals surface area contributed by atoms with Crippen molar-refractivity contribution in [2.24, 2.45) is 7.05 Å². The third-order valence-corrected chi connectivity index (χ3v) is 5.27. The van der Waals surface area contributed by atoms with Gasteiger partial charge in [-0.25, -0.2) is 9.97 Å². The van der Waals surface area contributed by atoms with Crippen molar-refractivity contribution in [2.45, 2.75) is 13.5 Å². The predicted molar refractivity (Wildman–Crippen MR) is 125 cm³/mol. The van der Waals surface area contributed by atoms with E-state index < -0.39 is 0 Å². The van der Waals surface area contributed by atoms with Gasteiger partial charge in [-0.3, -0.25) is 14.6 Å². The maximum Gasteiger partial charge on any atom is 0.264 e. The van der Waals surface area contributed by atoms with Gasteiger partial charge in [0.15, 0.2) is 0 Å². The summed E-state index contributed by atoms with van der Waals surface area (Å²) in [6, 6.07) is 10.6. The zero-order chi connectivity index (χ0) is 22.7. The van der Waals surface area contributed by atoms with Gasteiger partial charge in [-0.2, -0.15) is 0 Å². The second-order valence-electron chi connectivity index (χ2n) is 7.17. The number of pyridine rings is 2. The molecule has 3 aromatic heterocycles. The van der Waals surface area contributed by atoms with Crippen molar-refractivity contribution in [1.82, 2.24) is 24.8 Å². The highest BCUT2D eigenvalue weighted by molar-refractivity contribution is 6.34. The average Bonchev–Trinajstić information content (AvgIpc) is 2.80. The van der Waals surface area contributed by atoms with Crippen LogP contribution in [-0.4, -0.2) is 32.0 Å². The Hall–Kier alpha value is -3.78. The van der Waals surface area contributed by atoms with E-state index in [0.29, 0.717) is 51.7 Å². The molecule has 0 aliphatic carbocycles. The normalized spacial score (nSPS) is 10.8. The molecule has 0 aliphatic heterocycles. The van der Waals surface area contributed by atoms with E-state index in [4.69, 9.17) is 16.6 Å². The molecule has 1 aromatic carbocycles. The number of nitrogens with one attached hydrogen (secondary N) is 2. The lowest BCUT2D eigenvalue weighted by atomic mass is 10.1. The van der Waals surface area contributed by atoms with Crippen LogP contribution in [0, 0.1) is 0 Å². The van der Waals surface area contributed by atoms with Gasteiger partial charge in [0, 0.05) is 38.1 Å². The Kier molecular flexibility index (Phi) is 6.13. The van der Waals surface area contributed by atoms with Crippen LogP contribution in [0.15, 0.2) is 59.9 Å². The molecular formula is C23H21ClN6O2. The third-order valence-electron chi connectivity index (χ3n) is 4.96. The Morgan fingerprint density at radius 1 is 1.16 bits per heavy atom. The summed E-state index contributed by atoms with van der Waals surface area (Å²) in [7, 11) is 1.65. The molecule has 1 amide bonds. The van der Waals surface area contributed by atoms with Gasteiger partial charge < -0.3 is 15.2 Å². The summed E-state index contributed by atoms with van der Waals surface area (Å²) < 4.78 is 1.42. The van der Waals surface area contributed by atoms with Crippen LogP contribution >= 0.6 is 11.6 Å². The van der Waals surface area contributed by atoms with Crippen LogP contribution < -0.4 is 16.2 Å². The van der Waals surface area contributed by atoms with Crippen LogP contribution in [0.2, 0.25) is 5.02 Å². The second kappa shape index (κ2) is 9.15. The molecule has 0 unspecified atom stereocenters. The topological polar surface area (TPSA) is 102 Å². The van der Waals surface area contributed by atoms with Crippen molar-refractivity contribution < 1.29 is 4.79 Å². The van der Waals surface area contributed by atoms with Crippen molar-refractivity contribution in [3.63, 3.8) is 0 Å². The van der Waals surface area contributed by atoms with Crippen LogP contribution in [0.25, 0.3) is 22.2 Å². The number of halogens is 1. The molecule has 3 heterocycles. The highest BCUT2D eigenvalue weighted by Crippen LogP contribution is 2.28. The summed E-state index contributed by atoms with van der Waals surface area (Å²) >= 11 is 6.38. The molecule has 162 valence electrons. The van der Waals surface area contributed by atoms with Crippen molar-refractivity contribution in [3.8, 4) is 11.3 Å². The molecule has 2 N–H and O–H groups in total. The van der Waals surface area contributed by atoms with E-state index in [1.807, 2.05) is 19.1 Å². The van der Waals surface area contributed by atoms with Crippen molar-refractivity contribution >= 4 is 34.2 Å². The van der Waals surface area contributed by atoms with Gasteiger partial charge in [-0.05, 0) is 42.8 Å². The summed E-state index contributed by atoms with van der Waals surface area (Å²) in [6.45, 7) is 2.82. The van der Waals surface area contributed by atoms with Gasteiger partial charge in [0.25, 0.3) is 11.5 Å². The molecule has 4 rings (SSSR count). The number of fused-ring (bicyclic) bond motifs is 1. The standard InChI is InChI=1S/C23H21ClN6O2/c1-3-26-22(31)16-5-4-15(10-17(16)24)18-11-19-20(23(32)30(2)13-28-19)21(29-18)27-12-14-6-8-25-9-7-14/h4-11,13H,3,12H2,1-2H3,(H,26,31)(H,27,29). The number of nitrogens with zero attached hydrogens (tertiary/aromatic N) is 4. The molecule has 0 aliphatic rings. The molecule has 4 aromatic rings. The first kappa shape index (κ1) is 21.5. The number of anilines is 1. The van der Waals surface area contributed by atoms with Crippen molar-refractivity contribution in [1.29, 1.82) is 0 Å². The van der Waals surface area contributed by atoms with Gasteiger partial charge in [0.2, 0.25) is 0 Å². The number of carbonyl (C=O) groups is 1. The fourth-order valence-electron chi connectivity index (χ4n) is 3.30. The highest BCUT2D eigenvalue weighted by atomic mass is 35.5. The third kappa shape index (κ3) is 4.31. The van der Waals surface area contributed by atoms with Crippen LogP contribution in [0.1, 0.15) is 22.8 Å². The number of rotatable bonds is 6. The molecule has 32 heavy (non-hydrogen) atoms. The van der Waals surface area contributed by atoms with E-state index in [-0.39, 0.29) is 11.5 Å².